The second kappa shape index (κ2) is 4.04. The summed E-state index contributed by atoms with van der Waals surface area (Å²) in [6.07, 6.45) is 10.9. The Morgan fingerprint density at radius 1 is 1.22 bits per heavy atom. The molecule has 1 heterocycles. The maximum Gasteiger partial charge on any atom is 0.107 e. The van der Waals surface area contributed by atoms with Gasteiger partial charge in [0.2, 0.25) is 0 Å². The fraction of sp³-hybridized carbons (Fsp3) is 0.800. The van der Waals surface area contributed by atoms with Crippen molar-refractivity contribution in [1.29, 1.82) is 0 Å². The molecular weight excluding hydrogens is 240 g/mol. The summed E-state index contributed by atoms with van der Waals surface area (Å²) in [6.45, 7) is 3.14. The SMILES string of the molecule is Cc1cnc(CNC23CC4CC(CC(C4)C2)C3)s1. The minimum absolute atomic E-state index is 0.480. The van der Waals surface area contributed by atoms with Crippen LogP contribution in [0.5, 0.6) is 0 Å². The highest BCUT2D eigenvalue weighted by Gasteiger charge is 2.50. The van der Waals surface area contributed by atoms with E-state index in [1.165, 1.54) is 48.4 Å². The Morgan fingerprint density at radius 3 is 2.33 bits per heavy atom. The van der Waals surface area contributed by atoms with Gasteiger partial charge in [-0.1, -0.05) is 0 Å². The van der Waals surface area contributed by atoms with Crippen molar-refractivity contribution in [3.8, 4) is 0 Å². The fourth-order valence-electron chi connectivity index (χ4n) is 5.07. The van der Waals surface area contributed by atoms with Gasteiger partial charge in [0.05, 0.1) is 0 Å². The lowest BCUT2D eigenvalue weighted by Crippen LogP contribution is -2.58. The van der Waals surface area contributed by atoms with Crippen LogP contribution < -0.4 is 5.32 Å². The van der Waals surface area contributed by atoms with Gasteiger partial charge in [-0.3, -0.25) is 0 Å². The predicted molar refractivity (Wildman–Crippen MR) is 74.6 cm³/mol. The van der Waals surface area contributed by atoms with Crippen LogP contribution in [-0.4, -0.2) is 10.5 Å². The topological polar surface area (TPSA) is 24.9 Å². The molecule has 3 heteroatoms. The molecule has 2 nitrogen and oxygen atoms in total. The van der Waals surface area contributed by atoms with E-state index in [0.29, 0.717) is 5.54 Å². The molecule has 4 aliphatic carbocycles. The second-order valence-electron chi connectivity index (χ2n) is 6.92. The van der Waals surface area contributed by atoms with Crippen molar-refractivity contribution in [3.05, 3.63) is 16.1 Å². The number of aryl methyl sites for hydroxylation is 1. The molecule has 4 fully saturated rings. The summed E-state index contributed by atoms with van der Waals surface area (Å²) in [5, 5.41) is 5.17. The normalized spacial score (nSPS) is 41.5. The van der Waals surface area contributed by atoms with Gasteiger partial charge in [-0.15, -0.1) is 11.3 Å². The third kappa shape index (κ3) is 1.92. The Hall–Kier alpha value is -0.410. The van der Waals surface area contributed by atoms with E-state index in [4.69, 9.17) is 0 Å². The molecule has 18 heavy (non-hydrogen) atoms. The van der Waals surface area contributed by atoms with Gasteiger partial charge >= 0.3 is 0 Å². The molecule has 0 saturated heterocycles. The number of hydrogen-bond acceptors (Lipinski definition) is 3. The molecule has 4 bridgehead atoms. The molecule has 0 unspecified atom stereocenters. The molecule has 4 aliphatic rings. The summed E-state index contributed by atoms with van der Waals surface area (Å²) in [4.78, 5) is 5.82. The number of nitrogens with one attached hydrogen (secondary N) is 1. The summed E-state index contributed by atoms with van der Waals surface area (Å²) in [5.41, 5.74) is 0.480. The van der Waals surface area contributed by atoms with E-state index < -0.39 is 0 Å². The molecule has 5 rings (SSSR count). The Kier molecular flexibility index (Phi) is 2.56. The first-order chi connectivity index (χ1) is 8.71. The van der Waals surface area contributed by atoms with Crippen LogP contribution in [0.25, 0.3) is 0 Å². The summed E-state index contributed by atoms with van der Waals surface area (Å²) in [5.74, 6) is 3.09. The molecule has 0 aromatic carbocycles. The monoisotopic (exact) mass is 262 g/mol. The second-order valence-corrected chi connectivity index (χ2v) is 8.24. The van der Waals surface area contributed by atoms with Crippen molar-refractivity contribution < 1.29 is 0 Å². The lowest BCUT2D eigenvalue weighted by Gasteiger charge is -2.57. The highest BCUT2D eigenvalue weighted by atomic mass is 32.1. The van der Waals surface area contributed by atoms with Gasteiger partial charge < -0.3 is 5.32 Å². The van der Waals surface area contributed by atoms with Gasteiger partial charge in [-0.05, 0) is 63.2 Å². The fourth-order valence-corrected chi connectivity index (χ4v) is 5.80. The summed E-state index contributed by atoms with van der Waals surface area (Å²) in [7, 11) is 0. The van der Waals surface area contributed by atoms with E-state index in [9.17, 15) is 0 Å². The first-order valence-electron chi connectivity index (χ1n) is 7.37. The third-order valence-electron chi connectivity index (χ3n) is 5.32. The zero-order chi connectivity index (χ0) is 12.2. The van der Waals surface area contributed by atoms with Gasteiger partial charge in [0, 0.05) is 23.2 Å². The van der Waals surface area contributed by atoms with Crippen molar-refractivity contribution >= 4 is 11.3 Å². The van der Waals surface area contributed by atoms with E-state index >= 15 is 0 Å². The van der Waals surface area contributed by atoms with Crippen LogP contribution in [0, 0.1) is 24.7 Å². The Morgan fingerprint density at radius 2 is 1.83 bits per heavy atom. The first kappa shape index (κ1) is 11.4. The van der Waals surface area contributed by atoms with Gasteiger partial charge in [0.15, 0.2) is 0 Å². The molecular formula is C15H22N2S. The van der Waals surface area contributed by atoms with E-state index in [2.05, 4.69) is 17.2 Å². The Balaban J connectivity index is 1.47. The van der Waals surface area contributed by atoms with Crippen LogP contribution >= 0.6 is 11.3 Å². The smallest absolute Gasteiger partial charge is 0.107 e. The number of nitrogens with zero attached hydrogens (tertiary/aromatic N) is 1. The van der Waals surface area contributed by atoms with E-state index in [1.807, 2.05) is 17.5 Å². The molecule has 0 radical (unpaired) electrons. The van der Waals surface area contributed by atoms with Crippen LogP contribution in [-0.2, 0) is 6.54 Å². The van der Waals surface area contributed by atoms with Gasteiger partial charge in [-0.25, -0.2) is 4.98 Å². The maximum atomic E-state index is 4.49. The molecule has 98 valence electrons. The molecule has 0 spiro atoms. The van der Waals surface area contributed by atoms with Crippen LogP contribution in [0.2, 0.25) is 0 Å². The highest BCUT2D eigenvalue weighted by Crippen LogP contribution is 2.55. The lowest BCUT2D eigenvalue weighted by molar-refractivity contribution is -0.0206. The zero-order valence-electron chi connectivity index (χ0n) is 11.1. The first-order valence-corrected chi connectivity index (χ1v) is 8.19. The Labute approximate surface area is 113 Å². The largest absolute Gasteiger partial charge is 0.305 e. The van der Waals surface area contributed by atoms with E-state index in [0.717, 1.165) is 24.3 Å². The number of aromatic nitrogens is 1. The van der Waals surface area contributed by atoms with Crippen molar-refractivity contribution in [2.45, 2.75) is 57.5 Å². The summed E-state index contributed by atoms with van der Waals surface area (Å²) >= 11 is 1.84. The minimum atomic E-state index is 0.480. The molecule has 1 aromatic heterocycles. The number of hydrogen-bond donors (Lipinski definition) is 1. The molecule has 0 atom stereocenters. The standard InChI is InChI=1S/C15H22N2S/c1-10-8-16-14(18-10)9-17-15-5-11-2-12(6-15)4-13(3-11)7-15/h8,11-13,17H,2-7,9H2,1H3. The molecule has 4 saturated carbocycles. The quantitative estimate of drug-likeness (QED) is 0.901. The highest BCUT2D eigenvalue weighted by molar-refractivity contribution is 7.11. The van der Waals surface area contributed by atoms with Crippen molar-refractivity contribution in [1.82, 2.24) is 10.3 Å². The van der Waals surface area contributed by atoms with Crippen molar-refractivity contribution in [2.24, 2.45) is 17.8 Å². The van der Waals surface area contributed by atoms with Gasteiger partial charge in [-0.2, -0.15) is 0 Å². The van der Waals surface area contributed by atoms with Crippen LogP contribution in [0.3, 0.4) is 0 Å². The van der Waals surface area contributed by atoms with Crippen LogP contribution in [0.15, 0.2) is 6.20 Å². The minimum Gasteiger partial charge on any atom is -0.305 e. The van der Waals surface area contributed by atoms with Gasteiger partial charge in [0.1, 0.15) is 5.01 Å². The molecule has 0 aliphatic heterocycles. The Bertz CT molecular complexity index is 416. The molecule has 1 aromatic rings. The lowest BCUT2D eigenvalue weighted by atomic mass is 9.53. The van der Waals surface area contributed by atoms with E-state index in [1.54, 1.807) is 0 Å². The van der Waals surface area contributed by atoms with Crippen molar-refractivity contribution in [2.75, 3.05) is 0 Å². The average Bonchev–Trinajstić information content (AvgIpc) is 2.71. The van der Waals surface area contributed by atoms with Crippen LogP contribution in [0.4, 0.5) is 0 Å². The maximum absolute atomic E-state index is 4.49. The number of rotatable bonds is 3. The third-order valence-corrected chi connectivity index (χ3v) is 6.23. The van der Waals surface area contributed by atoms with Crippen LogP contribution in [0.1, 0.15) is 48.4 Å². The summed E-state index contributed by atoms with van der Waals surface area (Å²) in [6, 6.07) is 0. The van der Waals surface area contributed by atoms with E-state index in [-0.39, 0.29) is 0 Å². The number of thiazole rings is 1. The van der Waals surface area contributed by atoms with Gasteiger partial charge in [0.25, 0.3) is 0 Å². The average molecular weight is 262 g/mol. The molecule has 1 N–H and O–H groups in total. The zero-order valence-corrected chi connectivity index (χ0v) is 11.9. The predicted octanol–water partition coefficient (Wildman–Crippen LogP) is 3.51. The van der Waals surface area contributed by atoms with Crippen molar-refractivity contribution in [3.63, 3.8) is 0 Å². The molecule has 0 amide bonds. The summed E-state index contributed by atoms with van der Waals surface area (Å²) < 4.78 is 0.